The maximum absolute atomic E-state index is 11.6. The zero-order chi connectivity index (χ0) is 12.0. The summed E-state index contributed by atoms with van der Waals surface area (Å²) in [7, 11) is 0. The van der Waals surface area contributed by atoms with Crippen molar-refractivity contribution in [1.82, 2.24) is 15.5 Å². The van der Waals surface area contributed by atoms with Crippen molar-refractivity contribution in [3.05, 3.63) is 5.01 Å². The molecular formula is C11H16N4OS. The highest BCUT2D eigenvalue weighted by Crippen LogP contribution is 2.35. The Bertz CT molecular complexity index is 446. The third-order valence-corrected chi connectivity index (χ3v) is 4.77. The number of hydrogen-bond donors (Lipinski definition) is 1. The van der Waals surface area contributed by atoms with Crippen molar-refractivity contribution in [3.8, 4) is 0 Å². The molecule has 0 unspecified atom stereocenters. The van der Waals surface area contributed by atoms with Crippen molar-refractivity contribution < 1.29 is 4.79 Å². The molecule has 2 aliphatic heterocycles. The Balaban J connectivity index is 1.78. The number of amides is 1. The van der Waals surface area contributed by atoms with Crippen molar-refractivity contribution in [3.63, 3.8) is 0 Å². The second-order valence-corrected chi connectivity index (χ2v) is 6.13. The number of aromatic nitrogens is 2. The van der Waals surface area contributed by atoms with Gasteiger partial charge in [-0.05, 0) is 18.8 Å². The van der Waals surface area contributed by atoms with Gasteiger partial charge in [-0.2, -0.15) is 0 Å². The summed E-state index contributed by atoms with van der Waals surface area (Å²) in [6.45, 7) is 6.74. The molecule has 0 aliphatic carbocycles. The van der Waals surface area contributed by atoms with E-state index >= 15 is 0 Å². The van der Waals surface area contributed by atoms with Crippen LogP contribution in [-0.4, -0.2) is 35.7 Å². The molecule has 92 valence electrons. The highest BCUT2D eigenvalue weighted by molar-refractivity contribution is 7.15. The van der Waals surface area contributed by atoms with Crippen molar-refractivity contribution >= 4 is 22.4 Å². The summed E-state index contributed by atoms with van der Waals surface area (Å²) in [5.41, 5.74) is 0. The van der Waals surface area contributed by atoms with Crippen LogP contribution in [0.15, 0.2) is 0 Å². The van der Waals surface area contributed by atoms with Gasteiger partial charge in [0.2, 0.25) is 11.0 Å². The fraction of sp³-hybridized carbons (Fsp3) is 0.727. The van der Waals surface area contributed by atoms with E-state index in [1.165, 1.54) is 0 Å². The molecule has 0 aromatic carbocycles. The molecule has 2 aliphatic rings. The summed E-state index contributed by atoms with van der Waals surface area (Å²) < 4.78 is 0. The minimum atomic E-state index is 0.118. The molecule has 6 heteroatoms. The van der Waals surface area contributed by atoms with Crippen LogP contribution in [0, 0.1) is 24.7 Å². The number of nitrogens with one attached hydrogen (secondary N) is 1. The van der Waals surface area contributed by atoms with Crippen LogP contribution in [0.25, 0.3) is 0 Å². The molecule has 3 atom stereocenters. The van der Waals surface area contributed by atoms with E-state index in [2.05, 4.69) is 20.4 Å². The number of carbonyl (C=O) groups excluding carboxylic acids is 1. The third-order valence-electron chi connectivity index (χ3n) is 3.87. The zero-order valence-electron chi connectivity index (χ0n) is 10.0. The predicted octanol–water partition coefficient (Wildman–Crippen LogP) is 0.665. The SMILES string of the molecule is Cc1nnc(N2C[C@@H]3CNC(=O)[C@@H](C)[C@@H]3C2)s1. The monoisotopic (exact) mass is 252 g/mol. The van der Waals surface area contributed by atoms with Crippen LogP contribution in [0.4, 0.5) is 5.13 Å². The average molecular weight is 252 g/mol. The Labute approximate surface area is 104 Å². The molecule has 1 N–H and O–H groups in total. The average Bonchev–Trinajstić information content (AvgIpc) is 2.90. The van der Waals surface area contributed by atoms with E-state index in [1.54, 1.807) is 11.3 Å². The molecule has 3 heterocycles. The van der Waals surface area contributed by atoms with Crippen LogP contribution in [0.3, 0.4) is 0 Å². The van der Waals surface area contributed by atoms with Crippen molar-refractivity contribution in [1.29, 1.82) is 0 Å². The van der Waals surface area contributed by atoms with Crippen LogP contribution in [0.1, 0.15) is 11.9 Å². The maximum Gasteiger partial charge on any atom is 0.223 e. The van der Waals surface area contributed by atoms with E-state index in [9.17, 15) is 4.79 Å². The predicted molar refractivity (Wildman–Crippen MR) is 66.0 cm³/mol. The molecule has 1 aromatic heterocycles. The molecule has 0 bridgehead atoms. The number of nitrogens with zero attached hydrogens (tertiary/aromatic N) is 3. The number of carbonyl (C=O) groups is 1. The summed E-state index contributed by atoms with van der Waals surface area (Å²) in [4.78, 5) is 13.9. The van der Waals surface area contributed by atoms with Crippen LogP contribution in [0.5, 0.6) is 0 Å². The largest absolute Gasteiger partial charge is 0.356 e. The van der Waals surface area contributed by atoms with E-state index in [0.717, 1.165) is 29.8 Å². The molecule has 1 amide bonds. The van der Waals surface area contributed by atoms with Gasteiger partial charge in [-0.1, -0.05) is 18.3 Å². The smallest absolute Gasteiger partial charge is 0.223 e. The molecule has 3 rings (SSSR count). The lowest BCUT2D eigenvalue weighted by Gasteiger charge is -2.29. The van der Waals surface area contributed by atoms with Gasteiger partial charge >= 0.3 is 0 Å². The second kappa shape index (κ2) is 3.94. The van der Waals surface area contributed by atoms with Gasteiger partial charge in [0.05, 0.1) is 0 Å². The zero-order valence-corrected chi connectivity index (χ0v) is 10.8. The minimum Gasteiger partial charge on any atom is -0.356 e. The molecule has 5 nitrogen and oxygen atoms in total. The molecule has 0 radical (unpaired) electrons. The molecular weight excluding hydrogens is 236 g/mol. The van der Waals surface area contributed by atoms with Crippen molar-refractivity contribution in [2.45, 2.75) is 13.8 Å². The Hall–Kier alpha value is -1.17. The minimum absolute atomic E-state index is 0.118. The fourth-order valence-corrected chi connectivity index (χ4v) is 3.54. The summed E-state index contributed by atoms with van der Waals surface area (Å²) in [6.07, 6.45) is 0. The van der Waals surface area contributed by atoms with E-state index in [-0.39, 0.29) is 11.8 Å². The molecule has 2 saturated heterocycles. The van der Waals surface area contributed by atoms with Gasteiger partial charge in [-0.3, -0.25) is 4.79 Å². The van der Waals surface area contributed by atoms with Gasteiger partial charge in [-0.15, -0.1) is 10.2 Å². The summed E-state index contributed by atoms with van der Waals surface area (Å²) in [5.74, 6) is 1.34. The maximum atomic E-state index is 11.6. The standard InChI is InChI=1S/C11H16N4OS/c1-6-9-5-15(11-14-13-7(2)17-11)4-8(9)3-12-10(6)16/h6,8-9H,3-5H2,1-2H3,(H,12,16)/t6-,8-,9-/m0/s1. The number of fused-ring (bicyclic) bond motifs is 1. The Kier molecular flexibility index (Phi) is 2.54. The quantitative estimate of drug-likeness (QED) is 0.798. The number of rotatable bonds is 1. The Morgan fingerprint density at radius 2 is 2.24 bits per heavy atom. The highest BCUT2D eigenvalue weighted by atomic mass is 32.1. The third kappa shape index (κ3) is 1.80. The van der Waals surface area contributed by atoms with Gasteiger partial charge in [0.1, 0.15) is 5.01 Å². The van der Waals surface area contributed by atoms with Gasteiger partial charge in [-0.25, -0.2) is 0 Å². The Morgan fingerprint density at radius 1 is 1.41 bits per heavy atom. The summed E-state index contributed by atoms with van der Waals surface area (Å²) in [5, 5.41) is 13.2. The lowest BCUT2D eigenvalue weighted by molar-refractivity contribution is -0.128. The van der Waals surface area contributed by atoms with Crippen LogP contribution < -0.4 is 10.2 Å². The molecule has 17 heavy (non-hydrogen) atoms. The van der Waals surface area contributed by atoms with E-state index in [1.807, 2.05) is 13.8 Å². The van der Waals surface area contributed by atoms with E-state index < -0.39 is 0 Å². The normalized spacial score (nSPS) is 32.5. The molecule has 0 saturated carbocycles. The number of aryl methyl sites for hydroxylation is 1. The first-order valence-electron chi connectivity index (χ1n) is 5.98. The van der Waals surface area contributed by atoms with Gasteiger partial charge in [0, 0.05) is 25.6 Å². The van der Waals surface area contributed by atoms with E-state index in [4.69, 9.17) is 0 Å². The summed E-state index contributed by atoms with van der Waals surface area (Å²) in [6, 6.07) is 0. The van der Waals surface area contributed by atoms with Crippen LogP contribution in [-0.2, 0) is 4.79 Å². The number of anilines is 1. The van der Waals surface area contributed by atoms with Crippen molar-refractivity contribution in [2.75, 3.05) is 24.5 Å². The number of piperidine rings is 1. The van der Waals surface area contributed by atoms with E-state index in [0.29, 0.717) is 11.8 Å². The summed E-state index contributed by atoms with van der Waals surface area (Å²) >= 11 is 1.63. The highest BCUT2D eigenvalue weighted by Gasteiger charge is 2.42. The first-order chi connectivity index (χ1) is 8.15. The second-order valence-electron chi connectivity index (χ2n) is 4.97. The van der Waals surface area contributed by atoms with Gasteiger partial charge in [0.15, 0.2) is 0 Å². The lowest BCUT2D eigenvalue weighted by Crippen LogP contribution is -2.46. The topological polar surface area (TPSA) is 58.1 Å². The van der Waals surface area contributed by atoms with Gasteiger partial charge < -0.3 is 10.2 Å². The van der Waals surface area contributed by atoms with Crippen LogP contribution >= 0.6 is 11.3 Å². The molecule has 0 spiro atoms. The fourth-order valence-electron chi connectivity index (χ4n) is 2.84. The molecule has 1 aromatic rings. The molecule has 2 fully saturated rings. The first-order valence-corrected chi connectivity index (χ1v) is 6.79. The van der Waals surface area contributed by atoms with Gasteiger partial charge in [0.25, 0.3) is 0 Å². The lowest BCUT2D eigenvalue weighted by atomic mass is 9.81. The van der Waals surface area contributed by atoms with Crippen LogP contribution in [0.2, 0.25) is 0 Å². The first kappa shape index (κ1) is 11.0. The number of hydrogen-bond acceptors (Lipinski definition) is 5. The Morgan fingerprint density at radius 3 is 2.94 bits per heavy atom. The van der Waals surface area contributed by atoms with Crippen molar-refractivity contribution in [2.24, 2.45) is 17.8 Å².